The van der Waals surface area contributed by atoms with Gasteiger partial charge in [0.25, 0.3) is 0 Å². The lowest BCUT2D eigenvalue weighted by Crippen LogP contribution is -2.38. The van der Waals surface area contributed by atoms with Crippen LogP contribution in [0.2, 0.25) is 0 Å². The zero-order valence-corrected chi connectivity index (χ0v) is 8.38. The fourth-order valence-corrected chi connectivity index (χ4v) is 1.74. The van der Waals surface area contributed by atoms with Gasteiger partial charge in [-0.25, -0.2) is 9.97 Å². The van der Waals surface area contributed by atoms with Gasteiger partial charge < -0.3 is 15.7 Å². The lowest BCUT2D eigenvalue weighted by molar-refractivity contribution is 0.104. The van der Waals surface area contributed by atoms with Crippen molar-refractivity contribution in [2.75, 3.05) is 10.6 Å². The van der Waals surface area contributed by atoms with Crippen LogP contribution in [-0.2, 0) is 5.85 Å². The highest BCUT2D eigenvalue weighted by Gasteiger charge is 2.36. The average molecular weight is 214 g/mol. The Morgan fingerprint density at radius 3 is 2.69 bits per heavy atom. The van der Waals surface area contributed by atoms with Crippen LogP contribution in [0.25, 0.3) is 0 Å². The zero-order valence-electron chi connectivity index (χ0n) is 8.38. The van der Waals surface area contributed by atoms with Crippen LogP contribution in [-0.4, -0.2) is 15.1 Å². The van der Waals surface area contributed by atoms with Crippen molar-refractivity contribution in [3.63, 3.8) is 0 Å². The monoisotopic (exact) mass is 214 g/mol. The number of aromatic nitrogens is 2. The Labute approximate surface area is 92.2 Å². The fraction of sp³-hybridized carbons (Fsp3) is 0.0909. The van der Waals surface area contributed by atoms with Crippen molar-refractivity contribution in [2.45, 2.75) is 5.85 Å². The van der Waals surface area contributed by atoms with E-state index in [1.165, 1.54) is 6.33 Å². The predicted molar refractivity (Wildman–Crippen MR) is 59.6 cm³/mol. The van der Waals surface area contributed by atoms with Crippen LogP contribution >= 0.6 is 0 Å². The smallest absolute Gasteiger partial charge is 0.243 e. The van der Waals surface area contributed by atoms with Gasteiger partial charge in [0.2, 0.25) is 5.85 Å². The molecule has 0 spiro atoms. The highest BCUT2D eigenvalue weighted by molar-refractivity contribution is 5.71. The molecule has 1 unspecified atom stereocenters. The van der Waals surface area contributed by atoms with Gasteiger partial charge in [0.15, 0.2) is 5.82 Å². The predicted octanol–water partition coefficient (Wildman–Crippen LogP) is 1.12. The molecule has 3 rings (SSSR count). The summed E-state index contributed by atoms with van der Waals surface area (Å²) in [6.45, 7) is 0. The molecule has 80 valence electrons. The third-order valence-electron chi connectivity index (χ3n) is 2.52. The van der Waals surface area contributed by atoms with E-state index >= 15 is 0 Å². The van der Waals surface area contributed by atoms with Crippen molar-refractivity contribution in [2.24, 2.45) is 0 Å². The third-order valence-corrected chi connectivity index (χ3v) is 2.52. The first kappa shape index (κ1) is 9.11. The largest absolute Gasteiger partial charge is 0.350 e. The zero-order chi connectivity index (χ0) is 11.0. The number of hydrogen-bond donors (Lipinski definition) is 3. The van der Waals surface area contributed by atoms with Gasteiger partial charge in [-0.1, -0.05) is 30.3 Å². The number of fused-ring (bicyclic) bond motifs is 1. The molecule has 1 aliphatic heterocycles. The molecule has 0 radical (unpaired) electrons. The second-order valence-corrected chi connectivity index (χ2v) is 3.61. The Morgan fingerprint density at radius 2 is 1.94 bits per heavy atom. The highest BCUT2D eigenvalue weighted by Crippen LogP contribution is 2.35. The van der Waals surface area contributed by atoms with Gasteiger partial charge >= 0.3 is 0 Å². The van der Waals surface area contributed by atoms with Gasteiger partial charge in [-0.2, -0.15) is 0 Å². The Hall–Kier alpha value is -2.14. The highest BCUT2D eigenvalue weighted by atomic mass is 16.3. The van der Waals surface area contributed by atoms with Crippen molar-refractivity contribution >= 4 is 11.5 Å². The molecule has 0 aliphatic carbocycles. The number of rotatable bonds is 1. The van der Waals surface area contributed by atoms with Crippen molar-refractivity contribution < 1.29 is 5.11 Å². The second kappa shape index (κ2) is 3.18. The maximum absolute atomic E-state index is 10.4. The minimum atomic E-state index is -1.31. The van der Waals surface area contributed by atoms with Crippen molar-refractivity contribution in [1.82, 2.24) is 9.97 Å². The van der Waals surface area contributed by atoms with E-state index < -0.39 is 5.85 Å². The lowest BCUT2D eigenvalue weighted by atomic mass is 10.1. The summed E-state index contributed by atoms with van der Waals surface area (Å²) in [5.41, 5.74) is 1.42. The van der Waals surface area contributed by atoms with E-state index in [9.17, 15) is 5.11 Å². The molecule has 1 atom stereocenters. The first-order chi connectivity index (χ1) is 7.78. The molecule has 0 saturated heterocycles. The molecule has 5 nitrogen and oxygen atoms in total. The number of anilines is 2. The van der Waals surface area contributed by atoms with E-state index in [1.54, 1.807) is 6.20 Å². The second-order valence-electron chi connectivity index (χ2n) is 3.61. The van der Waals surface area contributed by atoms with Crippen LogP contribution in [0.15, 0.2) is 42.9 Å². The molecule has 0 bridgehead atoms. The Balaban J connectivity index is 2.01. The summed E-state index contributed by atoms with van der Waals surface area (Å²) in [5.74, 6) is -0.707. The summed E-state index contributed by atoms with van der Waals surface area (Å²) in [7, 11) is 0. The van der Waals surface area contributed by atoms with Gasteiger partial charge in [-0.15, -0.1) is 0 Å². The van der Waals surface area contributed by atoms with E-state index in [1.807, 2.05) is 30.3 Å². The van der Waals surface area contributed by atoms with E-state index in [4.69, 9.17) is 0 Å². The first-order valence-electron chi connectivity index (χ1n) is 4.92. The summed E-state index contributed by atoms with van der Waals surface area (Å²) >= 11 is 0. The quantitative estimate of drug-likeness (QED) is 0.663. The summed E-state index contributed by atoms with van der Waals surface area (Å²) in [6.07, 6.45) is 3.06. The van der Waals surface area contributed by atoms with Gasteiger partial charge in [0.1, 0.15) is 6.33 Å². The molecule has 1 aromatic carbocycles. The van der Waals surface area contributed by atoms with Crippen LogP contribution in [0, 0.1) is 0 Å². The molecular weight excluding hydrogens is 204 g/mol. The van der Waals surface area contributed by atoms with Gasteiger partial charge in [0, 0.05) is 5.56 Å². The minimum absolute atomic E-state index is 0.598. The van der Waals surface area contributed by atoms with E-state index in [0.717, 1.165) is 5.56 Å². The number of nitrogens with zero attached hydrogens (tertiary/aromatic N) is 2. The maximum Gasteiger partial charge on any atom is 0.243 e. The summed E-state index contributed by atoms with van der Waals surface area (Å²) < 4.78 is 0. The number of benzene rings is 1. The average Bonchev–Trinajstić information content (AvgIpc) is 2.68. The molecule has 1 aliphatic rings. The number of nitrogens with one attached hydrogen (secondary N) is 2. The molecule has 2 aromatic rings. The molecule has 0 fully saturated rings. The maximum atomic E-state index is 10.4. The van der Waals surface area contributed by atoms with E-state index in [-0.39, 0.29) is 0 Å². The van der Waals surface area contributed by atoms with Crippen molar-refractivity contribution in [1.29, 1.82) is 0 Å². The number of hydrogen-bond acceptors (Lipinski definition) is 5. The lowest BCUT2D eigenvalue weighted by Gasteiger charge is -2.23. The number of aliphatic hydroxyl groups is 1. The summed E-state index contributed by atoms with van der Waals surface area (Å²) in [4.78, 5) is 7.93. The van der Waals surface area contributed by atoms with Crippen LogP contribution in [0.4, 0.5) is 11.5 Å². The molecule has 3 N–H and O–H groups in total. The molecule has 1 aromatic heterocycles. The van der Waals surface area contributed by atoms with E-state index in [2.05, 4.69) is 20.6 Å². The van der Waals surface area contributed by atoms with Crippen LogP contribution in [0.5, 0.6) is 0 Å². The third kappa shape index (κ3) is 1.30. The van der Waals surface area contributed by atoms with Gasteiger partial charge in [-0.05, 0) is 0 Å². The fourth-order valence-electron chi connectivity index (χ4n) is 1.74. The minimum Gasteiger partial charge on any atom is -0.350 e. The summed E-state index contributed by atoms with van der Waals surface area (Å²) in [6, 6.07) is 9.30. The Morgan fingerprint density at radius 1 is 1.12 bits per heavy atom. The van der Waals surface area contributed by atoms with Crippen molar-refractivity contribution in [3.8, 4) is 0 Å². The van der Waals surface area contributed by atoms with Gasteiger partial charge in [0.05, 0.1) is 11.9 Å². The van der Waals surface area contributed by atoms with Crippen LogP contribution in [0.1, 0.15) is 5.56 Å². The summed E-state index contributed by atoms with van der Waals surface area (Å²) in [5, 5.41) is 16.3. The molecule has 5 heteroatoms. The topological polar surface area (TPSA) is 70.1 Å². The van der Waals surface area contributed by atoms with Crippen molar-refractivity contribution in [3.05, 3.63) is 48.4 Å². The molecular formula is C11H10N4O. The SMILES string of the molecule is OC1(c2ccccc2)Nc2cncnc2N1. The van der Waals surface area contributed by atoms with Gasteiger partial charge in [-0.3, -0.25) is 0 Å². The molecule has 0 saturated carbocycles. The normalized spacial score (nSPS) is 22.1. The molecule has 0 amide bonds. The molecule has 16 heavy (non-hydrogen) atoms. The Bertz CT molecular complexity index is 489. The van der Waals surface area contributed by atoms with Crippen LogP contribution in [0.3, 0.4) is 0 Å². The van der Waals surface area contributed by atoms with E-state index in [0.29, 0.717) is 11.5 Å². The standard InChI is InChI=1S/C11H10N4O/c16-11(8-4-2-1-3-5-8)14-9-6-12-7-13-10(9)15-11/h1-7,14,16H,(H,12,13,15). The Kier molecular flexibility index (Phi) is 1.81. The first-order valence-corrected chi connectivity index (χ1v) is 4.92. The van der Waals surface area contributed by atoms with Crippen LogP contribution < -0.4 is 10.6 Å². The molecule has 2 heterocycles.